The number of rotatable bonds is 7. The normalized spacial score (nSPS) is 20.1. The van der Waals surface area contributed by atoms with E-state index in [4.69, 9.17) is 21.1 Å². The van der Waals surface area contributed by atoms with Gasteiger partial charge < -0.3 is 14.8 Å². The van der Waals surface area contributed by atoms with Crippen molar-refractivity contribution >= 4 is 11.6 Å². The zero-order chi connectivity index (χ0) is 14.4. The standard InChI is InChI=1S/C16H24ClNO2/c1-3-18-12(2)15-11-13(17)6-7-16(15)20-10-8-14-5-4-9-19-14/h6-7,11-12,14,18H,3-5,8-10H2,1-2H3. The van der Waals surface area contributed by atoms with Crippen LogP contribution in [0.5, 0.6) is 5.75 Å². The average Bonchev–Trinajstić information content (AvgIpc) is 2.94. The van der Waals surface area contributed by atoms with Crippen molar-refractivity contribution < 1.29 is 9.47 Å². The molecular weight excluding hydrogens is 274 g/mol. The van der Waals surface area contributed by atoms with Crippen LogP contribution in [0.25, 0.3) is 0 Å². The molecule has 1 aromatic rings. The van der Waals surface area contributed by atoms with Gasteiger partial charge in [-0.3, -0.25) is 0 Å². The molecule has 0 radical (unpaired) electrons. The molecule has 20 heavy (non-hydrogen) atoms. The summed E-state index contributed by atoms with van der Waals surface area (Å²) in [6.07, 6.45) is 3.66. The van der Waals surface area contributed by atoms with Gasteiger partial charge in [-0.1, -0.05) is 18.5 Å². The lowest BCUT2D eigenvalue weighted by atomic mass is 10.1. The van der Waals surface area contributed by atoms with E-state index in [0.29, 0.717) is 12.7 Å². The van der Waals surface area contributed by atoms with E-state index < -0.39 is 0 Å². The van der Waals surface area contributed by atoms with Crippen molar-refractivity contribution in [1.82, 2.24) is 5.32 Å². The molecule has 1 N–H and O–H groups in total. The van der Waals surface area contributed by atoms with E-state index in [1.807, 2.05) is 18.2 Å². The highest BCUT2D eigenvalue weighted by atomic mass is 35.5. The first-order valence-corrected chi connectivity index (χ1v) is 7.85. The summed E-state index contributed by atoms with van der Waals surface area (Å²) in [6.45, 7) is 6.73. The molecule has 0 amide bonds. The zero-order valence-corrected chi connectivity index (χ0v) is 13.1. The van der Waals surface area contributed by atoms with Gasteiger partial charge in [0.15, 0.2) is 0 Å². The SMILES string of the molecule is CCNC(C)c1cc(Cl)ccc1OCCC1CCCO1. The number of nitrogens with one attached hydrogen (secondary N) is 1. The van der Waals surface area contributed by atoms with Gasteiger partial charge in [0.1, 0.15) is 5.75 Å². The van der Waals surface area contributed by atoms with Crippen LogP contribution < -0.4 is 10.1 Å². The maximum atomic E-state index is 6.10. The molecule has 1 aliphatic rings. The molecule has 0 saturated carbocycles. The van der Waals surface area contributed by atoms with Gasteiger partial charge in [0.05, 0.1) is 12.7 Å². The van der Waals surface area contributed by atoms with E-state index in [1.165, 1.54) is 6.42 Å². The largest absolute Gasteiger partial charge is 0.493 e. The lowest BCUT2D eigenvalue weighted by molar-refractivity contribution is 0.0901. The van der Waals surface area contributed by atoms with Crippen LogP contribution in [0, 0.1) is 0 Å². The number of ether oxygens (including phenoxy) is 2. The third-order valence-electron chi connectivity index (χ3n) is 3.67. The first kappa shape index (κ1) is 15.6. The third-order valence-corrected chi connectivity index (χ3v) is 3.91. The van der Waals surface area contributed by atoms with E-state index in [-0.39, 0.29) is 6.04 Å². The molecule has 0 spiro atoms. The van der Waals surface area contributed by atoms with Gasteiger partial charge in [0.2, 0.25) is 0 Å². The van der Waals surface area contributed by atoms with Crippen molar-refractivity contribution in [3.8, 4) is 5.75 Å². The number of hydrogen-bond acceptors (Lipinski definition) is 3. The van der Waals surface area contributed by atoms with Gasteiger partial charge in [-0.05, 0) is 44.5 Å². The Morgan fingerprint density at radius 1 is 1.50 bits per heavy atom. The van der Waals surface area contributed by atoms with Crippen LogP contribution in [-0.2, 0) is 4.74 Å². The topological polar surface area (TPSA) is 30.5 Å². The summed E-state index contributed by atoms with van der Waals surface area (Å²) in [5.74, 6) is 0.917. The second kappa shape index (κ2) is 7.87. The van der Waals surface area contributed by atoms with Crippen LogP contribution in [0.1, 0.15) is 44.7 Å². The second-order valence-electron chi connectivity index (χ2n) is 5.23. The van der Waals surface area contributed by atoms with Crippen LogP contribution in [0.2, 0.25) is 5.02 Å². The molecule has 112 valence electrons. The summed E-state index contributed by atoms with van der Waals surface area (Å²) in [6, 6.07) is 6.05. The Bertz CT molecular complexity index is 419. The molecule has 3 nitrogen and oxygen atoms in total. The summed E-state index contributed by atoms with van der Waals surface area (Å²) in [7, 11) is 0. The van der Waals surface area contributed by atoms with Crippen molar-refractivity contribution in [1.29, 1.82) is 0 Å². The highest BCUT2D eigenvalue weighted by molar-refractivity contribution is 6.30. The predicted octanol–water partition coefficient (Wildman–Crippen LogP) is 3.96. The third kappa shape index (κ3) is 4.37. The average molecular weight is 298 g/mol. The molecule has 1 aliphatic heterocycles. The molecule has 2 rings (SSSR count). The Morgan fingerprint density at radius 3 is 3.05 bits per heavy atom. The lowest BCUT2D eigenvalue weighted by Gasteiger charge is -2.18. The van der Waals surface area contributed by atoms with Crippen LogP contribution in [0.3, 0.4) is 0 Å². The highest BCUT2D eigenvalue weighted by Gasteiger charge is 2.16. The fourth-order valence-electron chi connectivity index (χ4n) is 2.58. The molecule has 1 fully saturated rings. The maximum absolute atomic E-state index is 6.10. The highest BCUT2D eigenvalue weighted by Crippen LogP contribution is 2.29. The van der Waals surface area contributed by atoms with Gasteiger partial charge in [-0.15, -0.1) is 0 Å². The van der Waals surface area contributed by atoms with E-state index in [2.05, 4.69) is 19.2 Å². The van der Waals surface area contributed by atoms with Crippen molar-refractivity contribution in [2.45, 2.75) is 45.3 Å². The first-order chi connectivity index (χ1) is 9.70. The summed E-state index contributed by atoms with van der Waals surface area (Å²) in [4.78, 5) is 0. The van der Waals surface area contributed by atoms with Gasteiger partial charge >= 0.3 is 0 Å². The van der Waals surface area contributed by atoms with Gasteiger partial charge in [0.25, 0.3) is 0 Å². The predicted molar refractivity (Wildman–Crippen MR) is 82.6 cm³/mol. The summed E-state index contributed by atoms with van der Waals surface area (Å²) in [5, 5.41) is 4.14. The van der Waals surface area contributed by atoms with Crippen molar-refractivity contribution in [2.75, 3.05) is 19.8 Å². The van der Waals surface area contributed by atoms with Crippen molar-refractivity contribution in [2.24, 2.45) is 0 Å². The molecule has 0 aliphatic carbocycles. The van der Waals surface area contributed by atoms with Gasteiger partial charge in [-0.2, -0.15) is 0 Å². The number of benzene rings is 1. The zero-order valence-electron chi connectivity index (χ0n) is 12.3. The van der Waals surface area contributed by atoms with Gasteiger partial charge in [-0.25, -0.2) is 0 Å². The van der Waals surface area contributed by atoms with Crippen LogP contribution in [0.4, 0.5) is 0 Å². The molecule has 2 atom stereocenters. The van der Waals surface area contributed by atoms with Crippen LogP contribution in [0.15, 0.2) is 18.2 Å². The van der Waals surface area contributed by atoms with E-state index in [1.54, 1.807) is 0 Å². The van der Waals surface area contributed by atoms with E-state index in [9.17, 15) is 0 Å². The number of halogens is 1. The summed E-state index contributed by atoms with van der Waals surface area (Å²) < 4.78 is 11.6. The summed E-state index contributed by atoms with van der Waals surface area (Å²) in [5.41, 5.74) is 1.12. The summed E-state index contributed by atoms with van der Waals surface area (Å²) >= 11 is 6.10. The van der Waals surface area contributed by atoms with Crippen LogP contribution in [-0.4, -0.2) is 25.9 Å². The van der Waals surface area contributed by atoms with Gasteiger partial charge in [0, 0.05) is 29.7 Å². The smallest absolute Gasteiger partial charge is 0.124 e. The van der Waals surface area contributed by atoms with Crippen molar-refractivity contribution in [3.05, 3.63) is 28.8 Å². The monoisotopic (exact) mass is 297 g/mol. The van der Waals surface area contributed by atoms with Crippen molar-refractivity contribution in [3.63, 3.8) is 0 Å². The Hall–Kier alpha value is -0.770. The Kier molecular flexibility index (Phi) is 6.14. The maximum Gasteiger partial charge on any atom is 0.124 e. The molecular formula is C16H24ClNO2. The Labute approximate surface area is 126 Å². The van der Waals surface area contributed by atoms with E-state index in [0.717, 1.165) is 42.3 Å². The minimum absolute atomic E-state index is 0.233. The number of hydrogen-bond donors (Lipinski definition) is 1. The molecule has 0 bridgehead atoms. The quantitative estimate of drug-likeness (QED) is 0.826. The lowest BCUT2D eigenvalue weighted by Crippen LogP contribution is -2.19. The fourth-order valence-corrected chi connectivity index (χ4v) is 2.76. The molecule has 4 heteroatoms. The molecule has 1 heterocycles. The first-order valence-electron chi connectivity index (χ1n) is 7.48. The molecule has 0 aromatic heterocycles. The fraction of sp³-hybridized carbons (Fsp3) is 0.625. The molecule has 2 unspecified atom stereocenters. The second-order valence-corrected chi connectivity index (χ2v) is 5.67. The minimum Gasteiger partial charge on any atom is -0.493 e. The van der Waals surface area contributed by atoms with E-state index >= 15 is 0 Å². The minimum atomic E-state index is 0.233. The molecule has 1 saturated heterocycles. The Morgan fingerprint density at radius 2 is 2.35 bits per heavy atom. The molecule has 1 aromatic carbocycles. The Balaban J connectivity index is 1.94. The van der Waals surface area contributed by atoms with Crippen LogP contribution >= 0.6 is 11.6 Å².